The Morgan fingerprint density at radius 1 is 1.17 bits per heavy atom. The van der Waals surface area contributed by atoms with E-state index in [9.17, 15) is 24.6 Å². The van der Waals surface area contributed by atoms with E-state index in [0.717, 1.165) is 0 Å². The zero-order chi connectivity index (χ0) is 25.9. The fourth-order valence-electron chi connectivity index (χ4n) is 3.68. The molecule has 0 spiro atoms. The lowest BCUT2D eigenvalue weighted by Gasteiger charge is -2.22. The summed E-state index contributed by atoms with van der Waals surface area (Å²) < 4.78 is 5.36. The molecular weight excluding hydrogens is 458 g/mol. The first-order valence-electron chi connectivity index (χ1n) is 11.1. The largest absolute Gasteiger partial charge is 0.508 e. The molecule has 8 N–H and O–H groups in total. The van der Waals surface area contributed by atoms with Gasteiger partial charge in [-0.05, 0) is 35.6 Å². The Morgan fingerprint density at radius 3 is 2.49 bits per heavy atom. The Bertz CT molecular complexity index is 1190. The van der Waals surface area contributed by atoms with Crippen molar-refractivity contribution >= 4 is 23.5 Å². The highest BCUT2D eigenvalue weighted by Crippen LogP contribution is 2.35. The van der Waals surface area contributed by atoms with E-state index in [2.05, 4.69) is 16.0 Å². The van der Waals surface area contributed by atoms with Crippen LogP contribution in [0.15, 0.2) is 22.7 Å². The molecule has 3 amide bonds. The molecule has 35 heavy (non-hydrogen) atoms. The van der Waals surface area contributed by atoms with Crippen molar-refractivity contribution in [3.63, 3.8) is 0 Å². The smallest absolute Gasteiger partial charge is 0.271 e. The van der Waals surface area contributed by atoms with Gasteiger partial charge < -0.3 is 36.4 Å². The number of phenols is 2. The van der Waals surface area contributed by atoms with Gasteiger partial charge in [-0.15, -0.1) is 5.48 Å². The molecule has 0 aliphatic carbocycles. The average molecular weight is 488 g/mol. The van der Waals surface area contributed by atoms with Crippen molar-refractivity contribution in [3.8, 4) is 11.5 Å². The van der Waals surface area contributed by atoms with Gasteiger partial charge in [-0.2, -0.15) is 0 Å². The fourth-order valence-corrected chi connectivity index (χ4v) is 3.68. The van der Waals surface area contributed by atoms with E-state index < -0.39 is 17.4 Å². The summed E-state index contributed by atoms with van der Waals surface area (Å²) in [7, 11) is 0. The standard InChI is InChI=1S/C23H29N5O7/c1-4-18(31)26-10-23(22(25)33)9-17(35-28-23)19-16(34-27-20(19)21(24)32)6-5-12-7-13(11(2)3)15(30)8-14(12)29/h7-9,11,28-30H,4-6,10H2,1-3H3,(H2,24,32)(H2,25,33)(H,26,31). The fraction of sp³-hybridized carbons (Fsp3) is 0.391. The van der Waals surface area contributed by atoms with Crippen LogP contribution in [0.3, 0.4) is 0 Å². The minimum Gasteiger partial charge on any atom is -0.508 e. The quantitative estimate of drug-likeness (QED) is 0.279. The summed E-state index contributed by atoms with van der Waals surface area (Å²) in [6, 6.07) is 2.97. The van der Waals surface area contributed by atoms with Gasteiger partial charge in [-0.3, -0.25) is 14.4 Å². The van der Waals surface area contributed by atoms with Crippen LogP contribution in [-0.4, -0.2) is 45.2 Å². The molecule has 0 saturated heterocycles. The molecule has 0 bridgehead atoms. The zero-order valence-corrected chi connectivity index (χ0v) is 19.7. The first-order valence-corrected chi connectivity index (χ1v) is 11.1. The maximum Gasteiger partial charge on any atom is 0.271 e. The normalized spacial score (nSPS) is 17.2. The number of aromatic nitrogens is 1. The molecule has 3 rings (SSSR count). The predicted octanol–water partition coefficient (Wildman–Crippen LogP) is 0.719. The summed E-state index contributed by atoms with van der Waals surface area (Å²) >= 11 is 0. The first-order chi connectivity index (χ1) is 16.5. The molecule has 1 aliphatic heterocycles. The van der Waals surface area contributed by atoms with Crippen LogP contribution < -0.4 is 22.3 Å². The number of primary amides is 2. The van der Waals surface area contributed by atoms with Crippen molar-refractivity contribution in [1.29, 1.82) is 0 Å². The highest BCUT2D eigenvalue weighted by atomic mass is 16.7. The minimum atomic E-state index is -1.58. The average Bonchev–Trinajstić information content (AvgIpc) is 3.41. The van der Waals surface area contributed by atoms with E-state index >= 15 is 0 Å². The molecule has 0 fully saturated rings. The third-order valence-electron chi connectivity index (χ3n) is 5.76. The molecule has 1 atom stereocenters. The van der Waals surface area contributed by atoms with Crippen molar-refractivity contribution in [3.05, 3.63) is 46.4 Å². The molecule has 1 aromatic heterocycles. The van der Waals surface area contributed by atoms with Gasteiger partial charge in [0.25, 0.3) is 5.91 Å². The number of aromatic hydroxyl groups is 2. The Morgan fingerprint density at radius 2 is 1.89 bits per heavy atom. The predicted molar refractivity (Wildman–Crippen MR) is 124 cm³/mol. The molecule has 1 aliphatic rings. The molecule has 12 heteroatoms. The van der Waals surface area contributed by atoms with Crippen LogP contribution in [0, 0.1) is 0 Å². The summed E-state index contributed by atoms with van der Waals surface area (Å²) in [5.74, 6) is -1.85. The number of benzene rings is 1. The van der Waals surface area contributed by atoms with Gasteiger partial charge in [0.15, 0.2) is 17.0 Å². The minimum absolute atomic E-state index is 0.00819. The van der Waals surface area contributed by atoms with Gasteiger partial charge in [0, 0.05) is 18.9 Å². The number of rotatable bonds is 10. The second-order valence-corrected chi connectivity index (χ2v) is 8.57. The third-order valence-corrected chi connectivity index (χ3v) is 5.76. The Balaban J connectivity index is 1.95. The van der Waals surface area contributed by atoms with E-state index in [1.807, 2.05) is 13.8 Å². The lowest BCUT2D eigenvalue weighted by molar-refractivity contribution is -0.126. The Hall–Kier alpha value is -4.06. The second kappa shape index (κ2) is 10.1. The topological polar surface area (TPSA) is 203 Å². The van der Waals surface area contributed by atoms with Crippen molar-refractivity contribution < 1.29 is 34.0 Å². The van der Waals surface area contributed by atoms with Crippen LogP contribution in [0.1, 0.15) is 66.0 Å². The summed E-state index contributed by atoms with van der Waals surface area (Å²) in [6.07, 6.45) is 1.97. The summed E-state index contributed by atoms with van der Waals surface area (Å²) in [6.45, 7) is 5.29. The number of aryl methyl sites for hydroxylation is 2. The van der Waals surface area contributed by atoms with E-state index in [1.54, 1.807) is 13.0 Å². The van der Waals surface area contributed by atoms with E-state index in [4.69, 9.17) is 20.8 Å². The number of carbonyl (C=O) groups excluding carboxylic acids is 3. The number of amides is 3. The second-order valence-electron chi connectivity index (χ2n) is 8.57. The number of phenolic OH excluding ortho intramolecular Hbond substituents is 2. The molecule has 0 saturated carbocycles. The van der Waals surface area contributed by atoms with Gasteiger partial charge in [0.1, 0.15) is 17.3 Å². The van der Waals surface area contributed by atoms with E-state index in [0.29, 0.717) is 11.1 Å². The lowest BCUT2D eigenvalue weighted by Crippen LogP contribution is -2.57. The van der Waals surface area contributed by atoms with E-state index in [1.165, 1.54) is 12.1 Å². The van der Waals surface area contributed by atoms with Crippen LogP contribution >= 0.6 is 0 Å². The monoisotopic (exact) mass is 487 g/mol. The molecule has 2 heterocycles. The summed E-state index contributed by atoms with van der Waals surface area (Å²) in [5.41, 5.74) is 13.1. The van der Waals surface area contributed by atoms with Crippen LogP contribution in [0.2, 0.25) is 0 Å². The first kappa shape index (κ1) is 25.6. The van der Waals surface area contributed by atoms with E-state index in [-0.39, 0.29) is 71.9 Å². The lowest BCUT2D eigenvalue weighted by atomic mass is 9.95. The van der Waals surface area contributed by atoms with Crippen molar-refractivity contribution in [2.24, 2.45) is 11.5 Å². The van der Waals surface area contributed by atoms with Gasteiger partial charge in [0.2, 0.25) is 11.8 Å². The van der Waals surface area contributed by atoms with Crippen molar-refractivity contribution in [2.75, 3.05) is 6.54 Å². The molecule has 12 nitrogen and oxygen atoms in total. The number of nitrogens with two attached hydrogens (primary N) is 2. The summed E-state index contributed by atoms with van der Waals surface area (Å²) in [5, 5.41) is 26.7. The zero-order valence-electron chi connectivity index (χ0n) is 19.7. The number of carbonyl (C=O) groups is 3. The van der Waals surface area contributed by atoms with Crippen LogP contribution in [0.4, 0.5) is 0 Å². The maximum atomic E-state index is 12.2. The van der Waals surface area contributed by atoms with Gasteiger partial charge in [0.05, 0.1) is 12.1 Å². The Kier molecular flexibility index (Phi) is 7.34. The number of nitrogens with zero attached hydrogens (tertiary/aromatic N) is 1. The molecule has 2 aromatic rings. The van der Waals surface area contributed by atoms with Crippen molar-refractivity contribution in [1.82, 2.24) is 16.0 Å². The molecule has 1 unspecified atom stereocenters. The molecule has 1 aromatic carbocycles. The van der Waals surface area contributed by atoms with Crippen LogP contribution in [0.5, 0.6) is 11.5 Å². The van der Waals surface area contributed by atoms with Gasteiger partial charge >= 0.3 is 0 Å². The molecule has 188 valence electrons. The molecule has 0 radical (unpaired) electrons. The van der Waals surface area contributed by atoms with Crippen LogP contribution in [-0.2, 0) is 27.3 Å². The third kappa shape index (κ3) is 5.22. The number of hydrogen-bond donors (Lipinski definition) is 6. The number of hydroxylamine groups is 1. The van der Waals surface area contributed by atoms with Crippen molar-refractivity contribution in [2.45, 2.75) is 51.5 Å². The SMILES string of the molecule is CCC(=O)NCC1(C(N)=O)C=C(c2c(C(N)=O)noc2CCc2cc(C(C)C)c(O)cc2O)ON1. The molecular formula is C23H29N5O7. The van der Waals surface area contributed by atoms with Crippen LogP contribution in [0.25, 0.3) is 5.76 Å². The van der Waals surface area contributed by atoms with Gasteiger partial charge in [-0.1, -0.05) is 25.9 Å². The number of nitrogens with one attached hydrogen (secondary N) is 2. The Labute approximate surface area is 201 Å². The number of hydrogen-bond acceptors (Lipinski definition) is 9. The van der Waals surface area contributed by atoms with Gasteiger partial charge in [-0.25, -0.2) is 0 Å². The highest BCUT2D eigenvalue weighted by molar-refractivity contribution is 5.97. The maximum absolute atomic E-state index is 12.2. The highest BCUT2D eigenvalue weighted by Gasteiger charge is 2.43. The summed E-state index contributed by atoms with van der Waals surface area (Å²) in [4.78, 5) is 41.4.